The molecule has 1 heterocycles. The van der Waals surface area contributed by atoms with E-state index in [-0.39, 0.29) is 34.6 Å². The van der Waals surface area contributed by atoms with Crippen LogP contribution in [-0.2, 0) is 14.3 Å². The van der Waals surface area contributed by atoms with Gasteiger partial charge in [-0.2, -0.15) is 0 Å². The average molecular weight is 414 g/mol. The topological polar surface area (TPSA) is 82.1 Å². The number of thioether (sulfide) groups is 1. The van der Waals surface area contributed by atoms with E-state index in [1.54, 1.807) is 18.2 Å². The van der Waals surface area contributed by atoms with Crippen molar-refractivity contribution in [3.63, 3.8) is 0 Å². The molecule has 1 unspecified atom stereocenters. The first-order chi connectivity index (χ1) is 12.8. The van der Waals surface area contributed by atoms with Gasteiger partial charge in [0.1, 0.15) is 0 Å². The Bertz CT molecular complexity index is 794. The van der Waals surface area contributed by atoms with E-state index in [2.05, 4.69) is 4.74 Å². The largest absolute Gasteiger partial charge is 0.493 e. The number of ether oxygens (including phenoxy) is 3. The standard InChI is InChI=1S/C18H20ClNO6S/c1-5-10(2)20-17(22)14(27-18(20)23)8-11-6-12(19)16(13(7-11)24-3)26-9-15(21)25-4/h6-8,10H,5,9H2,1-4H3/b14-8+. The smallest absolute Gasteiger partial charge is 0.343 e. The normalized spacial score (nSPS) is 16.6. The number of nitrogens with zero attached hydrogens (tertiary/aromatic N) is 1. The minimum atomic E-state index is -0.559. The van der Waals surface area contributed by atoms with Gasteiger partial charge in [-0.25, -0.2) is 4.79 Å². The van der Waals surface area contributed by atoms with Gasteiger partial charge in [-0.1, -0.05) is 18.5 Å². The molecule has 2 amide bonds. The average Bonchev–Trinajstić information content (AvgIpc) is 2.92. The van der Waals surface area contributed by atoms with E-state index in [0.717, 1.165) is 11.8 Å². The Hall–Kier alpha value is -2.19. The highest BCUT2D eigenvalue weighted by Gasteiger charge is 2.37. The minimum Gasteiger partial charge on any atom is -0.493 e. The number of esters is 1. The van der Waals surface area contributed by atoms with Gasteiger partial charge in [0.2, 0.25) is 0 Å². The molecule has 1 fully saturated rings. The highest BCUT2D eigenvalue weighted by atomic mass is 35.5. The van der Waals surface area contributed by atoms with Crippen LogP contribution in [0, 0.1) is 0 Å². The van der Waals surface area contributed by atoms with E-state index < -0.39 is 5.97 Å². The van der Waals surface area contributed by atoms with Crippen LogP contribution in [0.4, 0.5) is 4.79 Å². The Kier molecular flexibility index (Phi) is 7.15. The molecule has 146 valence electrons. The molecule has 0 aliphatic carbocycles. The molecule has 1 aromatic rings. The maximum Gasteiger partial charge on any atom is 0.343 e. The second-order valence-corrected chi connectivity index (χ2v) is 7.11. The molecule has 1 saturated heterocycles. The SMILES string of the molecule is CCC(C)N1C(=O)S/C(=C/c2cc(Cl)c(OCC(=O)OC)c(OC)c2)C1=O. The molecular weight excluding hydrogens is 394 g/mol. The molecule has 1 aliphatic rings. The van der Waals surface area contributed by atoms with Gasteiger partial charge in [-0.15, -0.1) is 0 Å². The lowest BCUT2D eigenvalue weighted by molar-refractivity contribution is -0.142. The zero-order chi connectivity index (χ0) is 20.1. The number of imide groups is 1. The lowest BCUT2D eigenvalue weighted by Gasteiger charge is -2.19. The molecule has 0 radical (unpaired) electrons. The fraction of sp³-hybridized carbons (Fsp3) is 0.389. The molecule has 0 N–H and O–H groups in total. The molecule has 0 bridgehead atoms. The lowest BCUT2D eigenvalue weighted by Crippen LogP contribution is -2.36. The van der Waals surface area contributed by atoms with E-state index in [1.807, 2.05) is 13.8 Å². The van der Waals surface area contributed by atoms with E-state index in [1.165, 1.54) is 19.1 Å². The number of amides is 2. The number of carbonyl (C=O) groups excluding carboxylic acids is 3. The van der Waals surface area contributed by atoms with Gasteiger partial charge in [-0.05, 0) is 48.9 Å². The Morgan fingerprint density at radius 3 is 2.63 bits per heavy atom. The first-order valence-corrected chi connectivity index (χ1v) is 9.36. The molecule has 9 heteroatoms. The Morgan fingerprint density at radius 2 is 2.04 bits per heavy atom. The first kappa shape index (κ1) is 21.1. The summed E-state index contributed by atoms with van der Waals surface area (Å²) in [5.74, 6) is -0.412. The van der Waals surface area contributed by atoms with Crippen LogP contribution in [0.3, 0.4) is 0 Å². The Balaban J connectivity index is 2.31. The molecule has 0 saturated carbocycles. The van der Waals surface area contributed by atoms with E-state index >= 15 is 0 Å². The van der Waals surface area contributed by atoms with Crippen LogP contribution in [0.25, 0.3) is 6.08 Å². The number of methoxy groups -OCH3 is 2. The fourth-order valence-electron chi connectivity index (χ4n) is 2.35. The quantitative estimate of drug-likeness (QED) is 0.497. The summed E-state index contributed by atoms with van der Waals surface area (Å²) in [4.78, 5) is 37.4. The van der Waals surface area contributed by atoms with Crippen LogP contribution in [0.1, 0.15) is 25.8 Å². The second-order valence-electron chi connectivity index (χ2n) is 5.71. The summed E-state index contributed by atoms with van der Waals surface area (Å²) in [6.07, 6.45) is 2.25. The summed E-state index contributed by atoms with van der Waals surface area (Å²) in [5, 5.41) is -0.0950. The predicted molar refractivity (Wildman–Crippen MR) is 103 cm³/mol. The van der Waals surface area contributed by atoms with Gasteiger partial charge >= 0.3 is 5.97 Å². The molecule has 2 rings (SSSR count). The number of hydrogen-bond donors (Lipinski definition) is 0. The summed E-state index contributed by atoms with van der Waals surface area (Å²) in [7, 11) is 2.68. The summed E-state index contributed by atoms with van der Waals surface area (Å²) >= 11 is 7.12. The van der Waals surface area contributed by atoms with E-state index in [4.69, 9.17) is 21.1 Å². The monoisotopic (exact) mass is 413 g/mol. The van der Waals surface area contributed by atoms with Crippen LogP contribution < -0.4 is 9.47 Å². The fourth-order valence-corrected chi connectivity index (χ4v) is 3.55. The third-order valence-corrected chi connectivity index (χ3v) is 5.13. The van der Waals surface area contributed by atoms with Gasteiger partial charge in [0, 0.05) is 6.04 Å². The number of carbonyl (C=O) groups is 3. The van der Waals surface area contributed by atoms with Crippen molar-refractivity contribution in [2.75, 3.05) is 20.8 Å². The zero-order valence-electron chi connectivity index (χ0n) is 15.4. The number of hydrogen-bond acceptors (Lipinski definition) is 7. The summed E-state index contributed by atoms with van der Waals surface area (Å²) < 4.78 is 15.1. The van der Waals surface area contributed by atoms with Crippen LogP contribution in [0.5, 0.6) is 11.5 Å². The molecular formula is C18H20ClNO6S. The van der Waals surface area contributed by atoms with Crippen molar-refractivity contribution < 1.29 is 28.6 Å². The summed E-state index contributed by atoms with van der Waals surface area (Å²) in [6.45, 7) is 3.42. The van der Waals surface area contributed by atoms with Gasteiger partial charge in [0.25, 0.3) is 11.1 Å². The molecule has 27 heavy (non-hydrogen) atoms. The van der Waals surface area contributed by atoms with Crippen molar-refractivity contribution in [2.45, 2.75) is 26.3 Å². The molecule has 7 nitrogen and oxygen atoms in total. The van der Waals surface area contributed by atoms with Crippen LogP contribution >= 0.6 is 23.4 Å². The highest BCUT2D eigenvalue weighted by Crippen LogP contribution is 2.39. The van der Waals surface area contributed by atoms with Crippen molar-refractivity contribution in [3.8, 4) is 11.5 Å². The highest BCUT2D eigenvalue weighted by molar-refractivity contribution is 8.18. The first-order valence-electron chi connectivity index (χ1n) is 8.16. The molecule has 1 aromatic carbocycles. The third-order valence-electron chi connectivity index (χ3n) is 3.97. The van der Waals surface area contributed by atoms with Gasteiger partial charge in [0.05, 0.1) is 24.1 Å². The molecule has 0 aromatic heterocycles. The molecule has 1 atom stereocenters. The van der Waals surface area contributed by atoms with Crippen LogP contribution in [0.15, 0.2) is 17.0 Å². The van der Waals surface area contributed by atoms with E-state index in [9.17, 15) is 14.4 Å². The second kappa shape index (κ2) is 9.14. The molecule has 0 spiro atoms. The van der Waals surface area contributed by atoms with Gasteiger partial charge in [0.15, 0.2) is 18.1 Å². The third kappa shape index (κ3) is 4.75. The van der Waals surface area contributed by atoms with Crippen molar-refractivity contribution in [2.24, 2.45) is 0 Å². The van der Waals surface area contributed by atoms with E-state index in [0.29, 0.717) is 22.6 Å². The number of halogens is 1. The van der Waals surface area contributed by atoms with Crippen molar-refractivity contribution >= 4 is 46.6 Å². The van der Waals surface area contributed by atoms with Gasteiger partial charge < -0.3 is 14.2 Å². The maximum absolute atomic E-state index is 12.5. The predicted octanol–water partition coefficient (Wildman–Crippen LogP) is 3.74. The number of benzene rings is 1. The van der Waals surface area contributed by atoms with Crippen molar-refractivity contribution in [3.05, 3.63) is 27.6 Å². The lowest BCUT2D eigenvalue weighted by atomic mass is 10.1. The maximum atomic E-state index is 12.5. The molecule has 1 aliphatic heterocycles. The van der Waals surface area contributed by atoms with Crippen molar-refractivity contribution in [1.29, 1.82) is 0 Å². The van der Waals surface area contributed by atoms with Crippen molar-refractivity contribution in [1.82, 2.24) is 4.90 Å². The summed E-state index contributed by atoms with van der Waals surface area (Å²) in [6, 6.07) is 3.00. The summed E-state index contributed by atoms with van der Waals surface area (Å²) in [5.41, 5.74) is 0.567. The number of rotatable bonds is 7. The Morgan fingerprint density at radius 1 is 1.33 bits per heavy atom. The zero-order valence-corrected chi connectivity index (χ0v) is 17.0. The van der Waals surface area contributed by atoms with Crippen LogP contribution in [0.2, 0.25) is 5.02 Å². The minimum absolute atomic E-state index is 0.171. The van der Waals surface area contributed by atoms with Crippen LogP contribution in [-0.4, -0.2) is 48.9 Å². The van der Waals surface area contributed by atoms with Gasteiger partial charge in [-0.3, -0.25) is 14.5 Å². The Labute approximate surface area is 166 Å².